The van der Waals surface area contributed by atoms with Crippen molar-refractivity contribution in [1.29, 1.82) is 0 Å². The van der Waals surface area contributed by atoms with Gasteiger partial charge in [-0.2, -0.15) is 0 Å². The van der Waals surface area contributed by atoms with Crippen LogP contribution in [0, 0.1) is 6.92 Å². The lowest BCUT2D eigenvalue weighted by atomic mass is 10.0. The highest BCUT2D eigenvalue weighted by atomic mass is 15.2. The quantitative estimate of drug-likeness (QED) is 0.903. The molecule has 1 aliphatic rings. The summed E-state index contributed by atoms with van der Waals surface area (Å²) in [6.45, 7) is 6.50. The maximum atomic E-state index is 6.04. The van der Waals surface area contributed by atoms with Crippen molar-refractivity contribution in [2.45, 2.75) is 51.6 Å². The molecule has 2 N–H and O–H groups in total. The Morgan fingerprint density at radius 2 is 2.05 bits per heavy atom. The molecule has 0 saturated carbocycles. The van der Waals surface area contributed by atoms with Gasteiger partial charge in [-0.1, -0.05) is 13.0 Å². The number of aromatic nitrogens is 1. The van der Waals surface area contributed by atoms with E-state index in [1.807, 2.05) is 6.20 Å². The second-order valence-corrected chi connectivity index (χ2v) is 6.54. The standard InChI is InChI=1S/C17H30N4/c1-5-15(18)11-14-10-13(2)17(19-12-14)21-8-6-16(7-9-21)20(3)4/h10,12,15-16H,5-9,11,18H2,1-4H3. The summed E-state index contributed by atoms with van der Waals surface area (Å²) in [6.07, 6.45) is 6.38. The van der Waals surface area contributed by atoms with Crippen molar-refractivity contribution in [2.75, 3.05) is 32.1 Å². The molecule has 1 atom stereocenters. The summed E-state index contributed by atoms with van der Waals surface area (Å²) in [5.74, 6) is 1.15. The van der Waals surface area contributed by atoms with Gasteiger partial charge >= 0.3 is 0 Å². The molecule has 1 fully saturated rings. The van der Waals surface area contributed by atoms with Crippen LogP contribution in [0.4, 0.5) is 5.82 Å². The number of nitrogens with two attached hydrogens (primary N) is 1. The molecule has 4 nitrogen and oxygen atoms in total. The fraction of sp³-hybridized carbons (Fsp3) is 0.706. The molecule has 4 heteroatoms. The summed E-state index contributed by atoms with van der Waals surface area (Å²) in [6, 6.07) is 3.21. The minimum absolute atomic E-state index is 0.243. The van der Waals surface area contributed by atoms with Crippen LogP contribution in [0.15, 0.2) is 12.3 Å². The highest BCUT2D eigenvalue weighted by Gasteiger charge is 2.22. The molecule has 0 spiro atoms. The van der Waals surface area contributed by atoms with Crippen LogP contribution in [0.1, 0.15) is 37.3 Å². The second kappa shape index (κ2) is 7.23. The summed E-state index contributed by atoms with van der Waals surface area (Å²) < 4.78 is 0. The molecular formula is C17H30N4. The molecule has 2 heterocycles. The van der Waals surface area contributed by atoms with Crippen molar-refractivity contribution >= 4 is 5.82 Å². The molecule has 0 aliphatic carbocycles. The highest BCUT2D eigenvalue weighted by molar-refractivity contribution is 5.47. The second-order valence-electron chi connectivity index (χ2n) is 6.54. The molecule has 2 rings (SSSR count). The van der Waals surface area contributed by atoms with Crippen molar-refractivity contribution in [1.82, 2.24) is 9.88 Å². The molecule has 0 bridgehead atoms. The first-order valence-electron chi connectivity index (χ1n) is 8.13. The maximum absolute atomic E-state index is 6.04. The Labute approximate surface area is 129 Å². The van der Waals surface area contributed by atoms with Crippen LogP contribution >= 0.6 is 0 Å². The van der Waals surface area contributed by atoms with Crippen LogP contribution in [0.25, 0.3) is 0 Å². The smallest absolute Gasteiger partial charge is 0.131 e. The SMILES string of the molecule is CCC(N)Cc1cnc(N2CCC(N(C)C)CC2)c(C)c1. The Balaban J connectivity index is 2.01. The zero-order valence-corrected chi connectivity index (χ0v) is 14.0. The van der Waals surface area contributed by atoms with E-state index in [2.05, 4.69) is 43.8 Å². The molecule has 0 amide bonds. The van der Waals surface area contributed by atoms with E-state index in [0.29, 0.717) is 6.04 Å². The Morgan fingerprint density at radius 3 is 2.57 bits per heavy atom. The maximum Gasteiger partial charge on any atom is 0.131 e. The van der Waals surface area contributed by atoms with Crippen LogP contribution in [0.2, 0.25) is 0 Å². The number of anilines is 1. The first kappa shape index (κ1) is 16.2. The Morgan fingerprint density at radius 1 is 1.38 bits per heavy atom. The van der Waals surface area contributed by atoms with E-state index in [1.165, 1.54) is 24.0 Å². The predicted octanol–water partition coefficient (Wildman–Crippen LogP) is 2.20. The Bertz CT molecular complexity index is 450. The van der Waals surface area contributed by atoms with Crippen LogP contribution in [0.3, 0.4) is 0 Å². The number of hydrogen-bond donors (Lipinski definition) is 1. The van der Waals surface area contributed by atoms with Gasteiger partial charge in [-0.25, -0.2) is 4.98 Å². The highest BCUT2D eigenvalue weighted by Crippen LogP contribution is 2.23. The summed E-state index contributed by atoms with van der Waals surface area (Å²) in [4.78, 5) is 9.49. The van der Waals surface area contributed by atoms with Gasteiger partial charge in [-0.3, -0.25) is 0 Å². The van der Waals surface area contributed by atoms with Crippen molar-refractivity contribution < 1.29 is 0 Å². The van der Waals surface area contributed by atoms with Crippen molar-refractivity contribution in [3.8, 4) is 0 Å². The van der Waals surface area contributed by atoms with E-state index in [-0.39, 0.29) is 6.04 Å². The van der Waals surface area contributed by atoms with E-state index in [9.17, 15) is 0 Å². The average molecular weight is 290 g/mol. The fourth-order valence-corrected chi connectivity index (χ4v) is 3.11. The van der Waals surface area contributed by atoms with Crippen LogP contribution in [0.5, 0.6) is 0 Å². The normalized spacial score (nSPS) is 18.3. The predicted molar refractivity (Wildman–Crippen MR) is 89.9 cm³/mol. The lowest BCUT2D eigenvalue weighted by Gasteiger charge is -2.36. The number of rotatable bonds is 5. The topological polar surface area (TPSA) is 45.4 Å². The molecule has 0 aromatic carbocycles. The molecule has 1 saturated heterocycles. The van der Waals surface area contributed by atoms with Gasteiger partial charge in [0.15, 0.2) is 0 Å². The zero-order valence-electron chi connectivity index (χ0n) is 14.0. The summed E-state index contributed by atoms with van der Waals surface area (Å²) in [5, 5.41) is 0. The van der Waals surface area contributed by atoms with E-state index < -0.39 is 0 Å². The van der Waals surface area contributed by atoms with E-state index in [0.717, 1.165) is 31.7 Å². The molecular weight excluding hydrogens is 260 g/mol. The van der Waals surface area contributed by atoms with Gasteiger partial charge in [0.1, 0.15) is 5.82 Å². The lowest BCUT2D eigenvalue weighted by molar-refractivity contribution is 0.249. The lowest BCUT2D eigenvalue weighted by Crippen LogP contribution is -2.42. The first-order valence-corrected chi connectivity index (χ1v) is 8.13. The molecule has 1 aromatic rings. The van der Waals surface area contributed by atoms with Gasteiger partial charge < -0.3 is 15.5 Å². The van der Waals surface area contributed by atoms with Gasteiger partial charge in [0, 0.05) is 31.4 Å². The summed E-state index contributed by atoms with van der Waals surface area (Å²) in [5.41, 5.74) is 8.57. The van der Waals surface area contributed by atoms with E-state index in [1.54, 1.807) is 0 Å². The Hall–Kier alpha value is -1.13. The zero-order chi connectivity index (χ0) is 15.4. The van der Waals surface area contributed by atoms with Gasteiger partial charge in [-0.05, 0) is 57.8 Å². The van der Waals surface area contributed by atoms with E-state index in [4.69, 9.17) is 10.7 Å². The molecule has 0 radical (unpaired) electrons. The molecule has 21 heavy (non-hydrogen) atoms. The minimum Gasteiger partial charge on any atom is -0.356 e. The number of pyridine rings is 1. The van der Waals surface area contributed by atoms with Crippen LogP contribution < -0.4 is 10.6 Å². The number of piperidine rings is 1. The largest absolute Gasteiger partial charge is 0.356 e. The summed E-state index contributed by atoms with van der Waals surface area (Å²) >= 11 is 0. The van der Waals surface area contributed by atoms with Gasteiger partial charge in [0.25, 0.3) is 0 Å². The van der Waals surface area contributed by atoms with Crippen LogP contribution in [-0.2, 0) is 6.42 Å². The molecule has 1 aromatic heterocycles. The third-order valence-corrected chi connectivity index (χ3v) is 4.62. The summed E-state index contributed by atoms with van der Waals surface area (Å²) in [7, 11) is 4.35. The number of hydrogen-bond acceptors (Lipinski definition) is 4. The molecule has 1 unspecified atom stereocenters. The Kier molecular flexibility index (Phi) is 5.59. The van der Waals surface area contributed by atoms with Gasteiger partial charge in [-0.15, -0.1) is 0 Å². The molecule has 1 aliphatic heterocycles. The van der Waals surface area contributed by atoms with Crippen LogP contribution in [-0.4, -0.2) is 49.2 Å². The fourth-order valence-electron chi connectivity index (χ4n) is 3.11. The third kappa shape index (κ3) is 4.17. The minimum atomic E-state index is 0.243. The van der Waals surface area contributed by atoms with Crippen molar-refractivity contribution in [2.24, 2.45) is 5.73 Å². The number of nitrogens with zero attached hydrogens (tertiary/aromatic N) is 3. The first-order chi connectivity index (χ1) is 10.0. The molecule has 118 valence electrons. The monoisotopic (exact) mass is 290 g/mol. The number of aryl methyl sites for hydroxylation is 1. The van der Waals surface area contributed by atoms with E-state index >= 15 is 0 Å². The van der Waals surface area contributed by atoms with Gasteiger partial charge in [0.2, 0.25) is 0 Å². The average Bonchev–Trinajstić information content (AvgIpc) is 2.47. The van der Waals surface area contributed by atoms with Crippen molar-refractivity contribution in [3.05, 3.63) is 23.4 Å². The third-order valence-electron chi connectivity index (χ3n) is 4.62. The van der Waals surface area contributed by atoms with Gasteiger partial charge in [0.05, 0.1) is 0 Å². The van der Waals surface area contributed by atoms with Crippen molar-refractivity contribution in [3.63, 3.8) is 0 Å².